The number of morpholine rings is 1. The maximum absolute atomic E-state index is 12.4. The van der Waals surface area contributed by atoms with Gasteiger partial charge in [-0.15, -0.1) is 11.3 Å². The minimum atomic E-state index is 0.112. The number of hydrogen-bond acceptors (Lipinski definition) is 5. The fourth-order valence-electron chi connectivity index (χ4n) is 4.04. The highest BCUT2D eigenvalue weighted by molar-refractivity contribution is 7.10. The van der Waals surface area contributed by atoms with E-state index in [0.717, 1.165) is 51.4 Å². The van der Waals surface area contributed by atoms with Crippen molar-refractivity contribution in [3.8, 4) is 0 Å². The number of carbonyl (C=O) groups is 1. The first-order valence-corrected chi connectivity index (χ1v) is 11.1. The first-order chi connectivity index (χ1) is 13.8. The number of rotatable bonds is 7. The first kappa shape index (κ1) is 19.6. The summed E-state index contributed by atoms with van der Waals surface area (Å²) in [5, 5.41) is 5.21. The topological polar surface area (TPSA) is 44.8 Å². The predicted octanol–water partition coefficient (Wildman–Crippen LogP) is 3.03. The number of thiophene rings is 1. The van der Waals surface area contributed by atoms with E-state index in [-0.39, 0.29) is 5.91 Å². The molecule has 2 aromatic rings. The monoisotopic (exact) mass is 399 g/mol. The normalized spacial score (nSPS) is 21.1. The molecule has 4 rings (SSSR count). The molecule has 28 heavy (non-hydrogen) atoms. The number of benzene rings is 1. The van der Waals surface area contributed by atoms with Crippen LogP contribution < -0.4 is 5.32 Å². The summed E-state index contributed by atoms with van der Waals surface area (Å²) < 4.78 is 5.40. The van der Waals surface area contributed by atoms with Crippen LogP contribution in [0.5, 0.6) is 0 Å². The second-order valence-electron chi connectivity index (χ2n) is 7.63. The lowest BCUT2D eigenvalue weighted by Gasteiger charge is -2.26. The van der Waals surface area contributed by atoms with Crippen molar-refractivity contribution >= 4 is 17.2 Å². The Hall–Kier alpha value is -1.73. The number of nitrogens with zero attached hydrogens (tertiary/aromatic N) is 2. The van der Waals surface area contributed by atoms with E-state index >= 15 is 0 Å². The Balaban J connectivity index is 1.23. The van der Waals surface area contributed by atoms with E-state index in [2.05, 4.69) is 56.9 Å². The van der Waals surface area contributed by atoms with Gasteiger partial charge in [0.1, 0.15) is 0 Å². The number of hydrogen-bond donors (Lipinski definition) is 1. The van der Waals surface area contributed by atoms with E-state index in [1.54, 1.807) is 11.3 Å². The number of nitrogens with one attached hydrogen (secondary N) is 1. The molecule has 1 aromatic heterocycles. The highest BCUT2D eigenvalue weighted by Crippen LogP contribution is 2.33. The van der Waals surface area contributed by atoms with Gasteiger partial charge in [0.2, 0.25) is 5.91 Å². The van der Waals surface area contributed by atoms with Crippen LogP contribution in [0.25, 0.3) is 0 Å². The maximum Gasteiger partial charge on any atom is 0.234 e. The summed E-state index contributed by atoms with van der Waals surface area (Å²) in [5.74, 6) is 0.112. The summed E-state index contributed by atoms with van der Waals surface area (Å²) in [7, 11) is 0. The van der Waals surface area contributed by atoms with E-state index in [0.29, 0.717) is 19.1 Å². The largest absolute Gasteiger partial charge is 0.379 e. The van der Waals surface area contributed by atoms with Gasteiger partial charge in [0.05, 0.1) is 19.8 Å². The van der Waals surface area contributed by atoms with Gasteiger partial charge < -0.3 is 10.1 Å². The second-order valence-corrected chi connectivity index (χ2v) is 8.60. The molecule has 2 aliphatic heterocycles. The van der Waals surface area contributed by atoms with E-state index < -0.39 is 0 Å². The Bertz CT molecular complexity index is 742. The van der Waals surface area contributed by atoms with Gasteiger partial charge in [0.25, 0.3) is 0 Å². The highest BCUT2D eigenvalue weighted by Gasteiger charge is 2.28. The third kappa shape index (κ3) is 5.20. The summed E-state index contributed by atoms with van der Waals surface area (Å²) in [6.45, 7) is 6.71. The summed E-state index contributed by atoms with van der Waals surface area (Å²) in [6, 6.07) is 13.3. The smallest absolute Gasteiger partial charge is 0.234 e. The molecule has 6 heteroatoms. The van der Waals surface area contributed by atoms with Crippen LogP contribution in [-0.2, 0) is 22.6 Å². The van der Waals surface area contributed by atoms with Gasteiger partial charge in [-0.05, 0) is 42.0 Å². The van der Waals surface area contributed by atoms with Crippen LogP contribution in [0.15, 0.2) is 41.8 Å². The minimum absolute atomic E-state index is 0.112. The molecule has 0 bridgehead atoms. The van der Waals surface area contributed by atoms with Crippen molar-refractivity contribution in [1.82, 2.24) is 15.1 Å². The summed E-state index contributed by atoms with van der Waals surface area (Å²) >= 11 is 1.79. The van der Waals surface area contributed by atoms with Crippen LogP contribution >= 0.6 is 11.3 Å². The molecule has 1 aromatic carbocycles. The Morgan fingerprint density at radius 1 is 1.11 bits per heavy atom. The molecule has 2 fully saturated rings. The molecule has 0 unspecified atom stereocenters. The Morgan fingerprint density at radius 2 is 1.89 bits per heavy atom. The standard InChI is InChI=1S/C22H29N3O2S/c26-22(17-25-9-1-3-20(25)21-4-2-14-28-21)23-15-18-5-7-19(8-6-18)16-24-10-12-27-13-11-24/h2,4-8,14,20H,1,3,9-13,15-17H2,(H,23,26)/t20-/m1/s1. The van der Waals surface area contributed by atoms with Gasteiger partial charge in [-0.3, -0.25) is 14.6 Å². The highest BCUT2D eigenvalue weighted by atomic mass is 32.1. The average molecular weight is 400 g/mol. The van der Waals surface area contributed by atoms with Crippen molar-refractivity contribution in [2.45, 2.75) is 32.0 Å². The lowest BCUT2D eigenvalue weighted by molar-refractivity contribution is -0.122. The maximum atomic E-state index is 12.4. The zero-order valence-corrected chi connectivity index (χ0v) is 17.1. The number of likely N-dealkylation sites (tertiary alicyclic amines) is 1. The molecule has 1 atom stereocenters. The summed E-state index contributed by atoms with van der Waals surface area (Å²) in [6.07, 6.45) is 2.32. The lowest BCUT2D eigenvalue weighted by Crippen LogP contribution is -2.36. The van der Waals surface area contributed by atoms with Crippen LogP contribution in [0.1, 0.15) is 34.9 Å². The minimum Gasteiger partial charge on any atom is -0.379 e. The van der Waals surface area contributed by atoms with E-state index in [4.69, 9.17) is 4.74 Å². The zero-order chi connectivity index (χ0) is 19.2. The van der Waals surface area contributed by atoms with Crippen LogP contribution in [0.3, 0.4) is 0 Å². The molecular weight excluding hydrogens is 370 g/mol. The van der Waals surface area contributed by atoms with Crippen molar-refractivity contribution in [3.63, 3.8) is 0 Å². The molecule has 3 heterocycles. The van der Waals surface area contributed by atoms with Gasteiger partial charge in [0, 0.05) is 37.1 Å². The van der Waals surface area contributed by atoms with Gasteiger partial charge in [0.15, 0.2) is 0 Å². The summed E-state index contributed by atoms with van der Waals surface area (Å²) in [4.78, 5) is 18.6. The van der Waals surface area contributed by atoms with Gasteiger partial charge in [-0.25, -0.2) is 0 Å². The Labute approximate surface area is 171 Å². The lowest BCUT2D eigenvalue weighted by atomic mass is 10.1. The molecule has 2 aliphatic rings. The number of ether oxygens (including phenoxy) is 1. The van der Waals surface area contributed by atoms with Crippen molar-refractivity contribution in [1.29, 1.82) is 0 Å². The molecule has 0 radical (unpaired) electrons. The molecule has 2 saturated heterocycles. The molecule has 0 saturated carbocycles. The third-order valence-electron chi connectivity index (χ3n) is 5.60. The van der Waals surface area contributed by atoms with Crippen LogP contribution in [0, 0.1) is 0 Å². The quantitative estimate of drug-likeness (QED) is 0.777. The van der Waals surface area contributed by atoms with E-state index in [1.807, 2.05) is 0 Å². The summed E-state index contributed by atoms with van der Waals surface area (Å²) in [5.41, 5.74) is 2.46. The molecule has 1 amide bonds. The van der Waals surface area contributed by atoms with Crippen molar-refractivity contribution in [3.05, 3.63) is 57.8 Å². The first-order valence-electron chi connectivity index (χ1n) is 10.2. The average Bonchev–Trinajstić information content (AvgIpc) is 3.40. The molecule has 5 nitrogen and oxygen atoms in total. The van der Waals surface area contributed by atoms with E-state index in [1.165, 1.54) is 16.9 Å². The SMILES string of the molecule is O=C(CN1CCC[C@@H]1c1cccs1)NCc1ccc(CN2CCOCC2)cc1. The van der Waals surface area contributed by atoms with E-state index in [9.17, 15) is 4.79 Å². The van der Waals surface area contributed by atoms with Gasteiger partial charge >= 0.3 is 0 Å². The zero-order valence-electron chi connectivity index (χ0n) is 16.3. The predicted molar refractivity (Wildman–Crippen MR) is 112 cm³/mol. The fourth-order valence-corrected chi connectivity index (χ4v) is 4.93. The van der Waals surface area contributed by atoms with Crippen molar-refractivity contribution in [2.75, 3.05) is 39.4 Å². The van der Waals surface area contributed by atoms with Crippen molar-refractivity contribution in [2.24, 2.45) is 0 Å². The fraction of sp³-hybridized carbons (Fsp3) is 0.500. The van der Waals surface area contributed by atoms with Crippen LogP contribution in [0.4, 0.5) is 0 Å². The Morgan fingerprint density at radius 3 is 2.64 bits per heavy atom. The van der Waals surface area contributed by atoms with Crippen LogP contribution in [0.2, 0.25) is 0 Å². The molecule has 0 aliphatic carbocycles. The van der Waals surface area contributed by atoms with Crippen LogP contribution in [-0.4, -0.2) is 55.1 Å². The number of carbonyl (C=O) groups excluding carboxylic acids is 1. The third-order valence-corrected chi connectivity index (χ3v) is 6.58. The Kier molecular flexibility index (Phi) is 6.75. The van der Waals surface area contributed by atoms with Gasteiger partial charge in [-0.1, -0.05) is 30.3 Å². The number of amides is 1. The molecule has 150 valence electrons. The molecule has 0 spiro atoms. The van der Waals surface area contributed by atoms with Gasteiger partial charge in [-0.2, -0.15) is 0 Å². The molecular formula is C22H29N3O2S. The second kappa shape index (κ2) is 9.65. The van der Waals surface area contributed by atoms with Crippen molar-refractivity contribution < 1.29 is 9.53 Å². The molecule has 1 N–H and O–H groups in total.